The molecule has 0 aliphatic heterocycles. The van der Waals surface area contributed by atoms with Gasteiger partial charge in [0.1, 0.15) is 18.1 Å². The zero-order valence-corrected chi connectivity index (χ0v) is 21.4. The van der Waals surface area contributed by atoms with E-state index in [1.54, 1.807) is 0 Å². The first-order valence-electron chi connectivity index (χ1n) is 10.5. The van der Waals surface area contributed by atoms with E-state index in [0.29, 0.717) is 12.5 Å². The van der Waals surface area contributed by atoms with Crippen molar-refractivity contribution >= 4 is 29.9 Å². The molecule has 2 aromatic rings. The monoisotopic (exact) mass is 528 g/mol. The Kier molecular flexibility index (Phi) is 11.8. The number of nitrogens with zero attached hydrogens (tertiary/aromatic N) is 4. The standard InChI is InChI=1S/C22H36N6O.HI/c1-7-8-13-23-22(24-14-21-27-26-18(5)28(21)6)25-17(4)19-9-11-20(12-10-19)29-15-16(2)3;/h9-12,16-17H,7-8,13-15H2,1-6H3,(H2,23,24,25);1H. The molecule has 7 nitrogen and oxygen atoms in total. The Balaban J connectivity index is 0.00000450. The second-order valence-electron chi connectivity index (χ2n) is 7.81. The fourth-order valence-electron chi connectivity index (χ4n) is 2.68. The molecule has 2 N–H and O–H groups in total. The number of aliphatic imine (C=N–C) groups is 1. The smallest absolute Gasteiger partial charge is 0.192 e. The van der Waals surface area contributed by atoms with Crippen molar-refractivity contribution in [3.8, 4) is 5.75 Å². The summed E-state index contributed by atoms with van der Waals surface area (Å²) in [6.45, 7) is 12.6. The Hall–Kier alpha value is -1.84. The largest absolute Gasteiger partial charge is 0.493 e. The number of aryl methyl sites for hydroxylation is 1. The normalized spacial score (nSPS) is 12.4. The van der Waals surface area contributed by atoms with Crippen LogP contribution in [0.4, 0.5) is 0 Å². The molecule has 0 radical (unpaired) electrons. The van der Waals surface area contributed by atoms with Crippen molar-refractivity contribution in [2.24, 2.45) is 18.0 Å². The summed E-state index contributed by atoms with van der Waals surface area (Å²) in [5.41, 5.74) is 1.18. The van der Waals surface area contributed by atoms with E-state index in [0.717, 1.165) is 49.4 Å². The highest BCUT2D eigenvalue weighted by Gasteiger charge is 2.10. The fraction of sp³-hybridized carbons (Fsp3) is 0.591. The predicted octanol–water partition coefficient (Wildman–Crippen LogP) is 4.37. The highest BCUT2D eigenvalue weighted by atomic mass is 127. The van der Waals surface area contributed by atoms with Gasteiger partial charge in [-0.05, 0) is 43.9 Å². The lowest BCUT2D eigenvalue weighted by molar-refractivity contribution is 0.271. The minimum atomic E-state index is 0. The zero-order chi connectivity index (χ0) is 21.2. The van der Waals surface area contributed by atoms with Crippen LogP contribution in [0.1, 0.15) is 63.8 Å². The third-order valence-corrected chi connectivity index (χ3v) is 4.70. The maximum Gasteiger partial charge on any atom is 0.192 e. The lowest BCUT2D eigenvalue weighted by Crippen LogP contribution is -2.39. The Morgan fingerprint density at radius 2 is 1.87 bits per heavy atom. The first-order valence-corrected chi connectivity index (χ1v) is 10.5. The van der Waals surface area contributed by atoms with Crippen LogP contribution < -0.4 is 15.4 Å². The molecule has 1 unspecified atom stereocenters. The Morgan fingerprint density at radius 3 is 2.43 bits per heavy atom. The molecule has 1 aromatic carbocycles. The number of hydrogen-bond donors (Lipinski definition) is 2. The molecule has 168 valence electrons. The highest BCUT2D eigenvalue weighted by molar-refractivity contribution is 14.0. The minimum absolute atomic E-state index is 0. The molecule has 0 amide bonds. The third-order valence-electron chi connectivity index (χ3n) is 4.70. The van der Waals surface area contributed by atoms with E-state index in [4.69, 9.17) is 9.73 Å². The number of benzene rings is 1. The fourth-order valence-corrected chi connectivity index (χ4v) is 2.68. The van der Waals surface area contributed by atoms with Crippen LogP contribution in [-0.2, 0) is 13.6 Å². The maximum absolute atomic E-state index is 5.78. The molecule has 1 heterocycles. The van der Waals surface area contributed by atoms with Gasteiger partial charge in [-0.2, -0.15) is 0 Å². The predicted molar refractivity (Wildman–Crippen MR) is 134 cm³/mol. The topological polar surface area (TPSA) is 76.4 Å². The van der Waals surface area contributed by atoms with E-state index in [1.807, 2.05) is 30.7 Å². The van der Waals surface area contributed by atoms with Gasteiger partial charge in [0.15, 0.2) is 11.8 Å². The summed E-state index contributed by atoms with van der Waals surface area (Å²) in [6.07, 6.45) is 2.23. The molecule has 1 atom stereocenters. The van der Waals surface area contributed by atoms with Gasteiger partial charge in [-0.3, -0.25) is 0 Å². The van der Waals surface area contributed by atoms with E-state index in [1.165, 1.54) is 5.56 Å². The molecule has 30 heavy (non-hydrogen) atoms. The summed E-state index contributed by atoms with van der Waals surface area (Å²) in [7, 11) is 1.96. The highest BCUT2D eigenvalue weighted by Crippen LogP contribution is 2.18. The molecule has 0 spiro atoms. The first-order chi connectivity index (χ1) is 13.9. The van der Waals surface area contributed by atoms with Crippen molar-refractivity contribution in [1.29, 1.82) is 0 Å². The van der Waals surface area contributed by atoms with Crippen molar-refractivity contribution in [3.63, 3.8) is 0 Å². The van der Waals surface area contributed by atoms with Gasteiger partial charge in [-0.1, -0.05) is 39.3 Å². The van der Waals surface area contributed by atoms with Gasteiger partial charge in [0.05, 0.1) is 12.6 Å². The van der Waals surface area contributed by atoms with Crippen LogP contribution in [-0.4, -0.2) is 33.9 Å². The average Bonchev–Trinajstić information content (AvgIpc) is 3.02. The molecule has 2 rings (SSSR count). The second kappa shape index (κ2) is 13.5. The van der Waals surface area contributed by atoms with Crippen molar-refractivity contribution < 1.29 is 4.74 Å². The van der Waals surface area contributed by atoms with Gasteiger partial charge >= 0.3 is 0 Å². The Labute approximate surface area is 198 Å². The zero-order valence-electron chi connectivity index (χ0n) is 19.1. The molecule has 0 aliphatic carbocycles. The number of aromatic nitrogens is 3. The van der Waals surface area contributed by atoms with Crippen LogP contribution >= 0.6 is 24.0 Å². The summed E-state index contributed by atoms with van der Waals surface area (Å²) in [5, 5.41) is 15.2. The maximum atomic E-state index is 5.78. The van der Waals surface area contributed by atoms with Crippen LogP contribution in [0.2, 0.25) is 0 Å². The van der Waals surface area contributed by atoms with Gasteiger partial charge in [0.25, 0.3) is 0 Å². The van der Waals surface area contributed by atoms with Crippen molar-refractivity contribution in [3.05, 3.63) is 41.5 Å². The van der Waals surface area contributed by atoms with E-state index in [2.05, 4.69) is 60.7 Å². The quantitative estimate of drug-likeness (QED) is 0.207. The summed E-state index contributed by atoms with van der Waals surface area (Å²) < 4.78 is 7.74. The molecule has 0 bridgehead atoms. The van der Waals surface area contributed by atoms with Crippen LogP contribution in [0.3, 0.4) is 0 Å². The number of halogens is 1. The van der Waals surface area contributed by atoms with Crippen molar-refractivity contribution in [1.82, 2.24) is 25.4 Å². The number of hydrogen-bond acceptors (Lipinski definition) is 4. The first kappa shape index (κ1) is 26.2. The molecule has 0 saturated carbocycles. The lowest BCUT2D eigenvalue weighted by Gasteiger charge is -2.19. The van der Waals surface area contributed by atoms with Gasteiger partial charge in [-0.15, -0.1) is 34.2 Å². The Morgan fingerprint density at radius 1 is 1.17 bits per heavy atom. The number of ether oxygens (including phenoxy) is 1. The molecule has 8 heteroatoms. The number of guanidine groups is 1. The van der Waals surface area contributed by atoms with Gasteiger partial charge in [-0.25, -0.2) is 4.99 Å². The molecule has 0 aliphatic rings. The van der Waals surface area contributed by atoms with E-state index in [9.17, 15) is 0 Å². The van der Waals surface area contributed by atoms with Gasteiger partial charge < -0.3 is 19.9 Å². The third kappa shape index (κ3) is 8.49. The summed E-state index contributed by atoms with van der Waals surface area (Å²) >= 11 is 0. The lowest BCUT2D eigenvalue weighted by atomic mass is 10.1. The average molecular weight is 528 g/mol. The van der Waals surface area contributed by atoms with Crippen LogP contribution in [0.5, 0.6) is 5.75 Å². The van der Waals surface area contributed by atoms with Gasteiger partial charge in [0, 0.05) is 13.6 Å². The van der Waals surface area contributed by atoms with E-state index < -0.39 is 0 Å². The summed E-state index contributed by atoms with van der Waals surface area (Å²) in [6, 6.07) is 8.37. The van der Waals surface area contributed by atoms with Crippen LogP contribution in [0.25, 0.3) is 0 Å². The summed E-state index contributed by atoms with van der Waals surface area (Å²) in [5.74, 6) is 3.94. The molecular formula is C22H37IN6O. The van der Waals surface area contributed by atoms with Crippen LogP contribution in [0.15, 0.2) is 29.3 Å². The van der Waals surface area contributed by atoms with E-state index in [-0.39, 0.29) is 30.0 Å². The molecular weight excluding hydrogens is 491 g/mol. The summed E-state index contributed by atoms with van der Waals surface area (Å²) in [4.78, 5) is 4.72. The van der Waals surface area contributed by atoms with Crippen molar-refractivity contribution in [2.75, 3.05) is 13.2 Å². The van der Waals surface area contributed by atoms with E-state index >= 15 is 0 Å². The molecule has 0 fully saturated rings. The van der Waals surface area contributed by atoms with Crippen molar-refractivity contribution in [2.45, 2.75) is 60.0 Å². The molecule has 1 aromatic heterocycles. The number of unbranched alkanes of at least 4 members (excludes halogenated alkanes) is 1. The number of nitrogens with one attached hydrogen (secondary N) is 2. The second-order valence-corrected chi connectivity index (χ2v) is 7.81. The minimum Gasteiger partial charge on any atom is -0.493 e. The number of rotatable bonds is 10. The Bertz CT molecular complexity index is 772. The van der Waals surface area contributed by atoms with Crippen LogP contribution in [0, 0.1) is 12.8 Å². The van der Waals surface area contributed by atoms with Gasteiger partial charge in [0.2, 0.25) is 0 Å². The SMILES string of the molecule is CCCCNC(=NCc1nnc(C)n1C)NC(C)c1ccc(OCC(C)C)cc1.I. The molecule has 0 saturated heterocycles.